The number of rotatable bonds is 5. The molecule has 72 valence electrons. The summed E-state index contributed by atoms with van der Waals surface area (Å²) in [5.41, 5.74) is 5.06. The molecule has 8 heteroatoms. The molecule has 0 rings (SSSR count). The van der Waals surface area contributed by atoms with Crippen molar-refractivity contribution in [1.82, 2.24) is 5.32 Å². The van der Waals surface area contributed by atoms with Gasteiger partial charge in [-0.2, -0.15) is 8.42 Å². The summed E-state index contributed by atoms with van der Waals surface area (Å²) < 4.78 is 28.6. The van der Waals surface area contributed by atoms with Gasteiger partial charge in [0, 0.05) is 19.5 Å². The SMILES string of the molecule is NCCC(=O)NCCS(=O)(=O)O.[Zn+2]. The Morgan fingerprint density at radius 1 is 1.46 bits per heavy atom. The third-order valence-electron chi connectivity index (χ3n) is 1.05. The number of nitrogens with two attached hydrogens (primary N) is 1. The van der Waals surface area contributed by atoms with Gasteiger partial charge in [-0.3, -0.25) is 9.35 Å². The van der Waals surface area contributed by atoms with E-state index in [1.54, 1.807) is 0 Å². The van der Waals surface area contributed by atoms with Crippen LogP contribution in [0.1, 0.15) is 6.42 Å². The van der Waals surface area contributed by atoms with E-state index in [-0.39, 0.29) is 44.9 Å². The molecule has 0 aliphatic rings. The van der Waals surface area contributed by atoms with E-state index < -0.39 is 15.9 Å². The smallest absolute Gasteiger partial charge is 0.355 e. The zero-order chi connectivity index (χ0) is 9.61. The first-order chi connectivity index (χ1) is 5.45. The molecule has 4 N–H and O–H groups in total. The predicted molar refractivity (Wildman–Crippen MR) is 43.1 cm³/mol. The van der Waals surface area contributed by atoms with Crippen LogP contribution in [-0.2, 0) is 34.4 Å². The van der Waals surface area contributed by atoms with E-state index in [0.29, 0.717) is 0 Å². The molecule has 0 aliphatic carbocycles. The fourth-order valence-electron chi connectivity index (χ4n) is 0.539. The average molecular weight is 262 g/mol. The van der Waals surface area contributed by atoms with Crippen LogP contribution >= 0.6 is 0 Å². The van der Waals surface area contributed by atoms with E-state index >= 15 is 0 Å². The number of hydrogen-bond acceptors (Lipinski definition) is 4. The third-order valence-corrected chi connectivity index (χ3v) is 1.77. The molecule has 0 heterocycles. The van der Waals surface area contributed by atoms with Gasteiger partial charge in [0.15, 0.2) is 0 Å². The molecule has 0 aromatic rings. The first-order valence-corrected chi connectivity index (χ1v) is 4.98. The third kappa shape index (κ3) is 12.0. The van der Waals surface area contributed by atoms with Crippen LogP contribution in [0.15, 0.2) is 0 Å². The largest absolute Gasteiger partial charge is 2.00 e. The first-order valence-electron chi connectivity index (χ1n) is 3.37. The van der Waals surface area contributed by atoms with Gasteiger partial charge >= 0.3 is 19.5 Å². The number of amides is 1. The summed E-state index contributed by atoms with van der Waals surface area (Å²) in [4.78, 5) is 10.7. The fourth-order valence-corrected chi connectivity index (χ4v) is 0.899. The van der Waals surface area contributed by atoms with Crippen molar-refractivity contribution in [3.63, 3.8) is 0 Å². The Labute approximate surface area is 89.8 Å². The molecule has 0 aromatic heterocycles. The molecule has 1 amide bonds. The molecule has 0 aliphatic heterocycles. The van der Waals surface area contributed by atoms with Crippen LogP contribution in [0.3, 0.4) is 0 Å². The van der Waals surface area contributed by atoms with Crippen LogP contribution in [0.4, 0.5) is 0 Å². The van der Waals surface area contributed by atoms with Crippen LogP contribution in [0, 0.1) is 0 Å². The van der Waals surface area contributed by atoms with Crippen LogP contribution in [-0.4, -0.2) is 37.7 Å². The quantitative estimate of drug-likeness (QED) is 0.405. The van der Waals surface area contributed by atoms with Gasteiger partial charge in [-0.05, 0) is 0 Å². The van der Waals surface area contributed by atoms with Gasteiger partial charge in [-0.15, -0.1) is 0 Å². The second-order valence-electron chi connectivity index (χ2n) is 2.17. The van der Waals surface area contributed by atoms with E-state index in [4.69, 9.17) is 10.3 Å². The maximum Gasteiger partial charge on any atom is 2.00 e. The Morgan fingerprint density at radius 2 is 2.00 bits per heavy atom. The number of carbonyl (C=O) groups is 1. The van der Waals surface area contributed by atoms with E-state index in [1.807, 2.05) is 0 Å². The topological polar surface area (TPSA) is 109 Å². The average Bonchev–Trinajstić information content (AvgIpc) is 1.84. The Bertz CT molecular complexity index is 241. The van der Waals surface area contributed by atoms with Crippen LogP contribution in [0.2, 0.25) is 0 Å². The molecule has 6 nitrogen and oxygen atoms in total. The van der Waals surface area contributed by atoms with E-state index in [1.165, 1.54) is 0 Å². The zero-order valence-electron chi connectivity index (χ0n) is 7.19. The molecule has 0 atom stereocenters. The number of carbonyl (C=O) groups excluding carboxylic acids is 1. The Morgan fingerprint density at radius 3 is 2.38 bits per heavy atom. The maximum absolute atomic E-state index is 10.7. The minimum Gasteiger partial charge on any atom is -0.355 e. The molecule has 0 spiro atoms. The summed E-state index contributed by atoms with van der Waals surface area (Å²) in [6.07, 6.45) is 0.158. The normalized spacial score (nSPS) is 10.3. The van der Waals surface area contributed by atoms with Crippen molar-refractivity contribution in [2.45, 2.75) is 6.42 Å². The van der Waals surface area contributed by atoms with Gasteiger partial charge in [0.05, 0.1) is 5.75 Å². The van der Waals surface area contributed by atoms with Gasteiger partial charge < -0.3 is 11.1 Å². The van der Waals surface area contributed by atoms with Gasteiger partial charge in [0.1, 0.15) is 0 Å². The number of nitrogens with one attached hydrogen (secondary N) is 1. The molecular formula is C5H12N2O4SZn+2. The van der Waals surface area contributed by atoms with Crippen LogP contribution in [0.5, 0.6) is 0 Å². The molecule has 13 heavy (non-hydrogen) atoms. The van der Waals surface area contributed by atoms with Gasteiger partial charge in [0.2, 0.25) is 5.91 Å². The maximum atomic E-state index is 10.7. The van der Waals surface area contributed by atoms with Crippen molar-refractivity contribution in [2.24, 2.45) is 5.73 Å². The van der Waals surface area contributed by atoms with Gasteiger partial charge in [-0.1, -0.05) is 0 Å². The second-order valence-corrected chi connectivity index (χ2v) is 3.75. The van der Waals surface area contributed by atoms with Gasteiger partial charge in [0.25, 0.3) is 10.1 Å². The number of hydrogen-bond donors (Lipinski definition) is 3. The van der Waals surface area contributed by atoms with Crippen molar-refractivity contribution < 1.29 is 37.2 Å². The summed E-state index contributed by atoms with van der Waals surface area (Å²) in [5, 5.41) is 2.28. The molecule has 0 unspecified atom stereocenters. The van der Waals surface area contributed by atoms with Crippen molar-refractivity contribution in [2.75, 3.05) is 18.8 Å². The molecule has 0 saturated heterocycles. The van der Waals surface area contributed by atoms with Crippen LogP contribution in [0.25, 0.3) is 0 Å². The monoisotopic (exact) mass is 260 g/mol. The molecule has 0 radical (unpaired) electrons. The van der Waals surface area contributed by atoms with Crippen LogP contribution < -0.4 is 11.1 Å². The van der Waals surface area contributed by atoms with Crippen molar-refractivity contribution >= 4 is 16.0 Å². The second kappa shape index (κ2) is 7.37. The van der Waals surface area contributed by atoms with Gasteiger partial charge in [-0.25, -0.2) is 0 Å². The van der Waals surface area contributed by atoms with Crippen molar-refractivity contribution in [3.05, 3.63) is 0 Å². The zero-order valence-corrected chi connectivity index (χ0v) is 11.0. The summed E-state index contributed by atoms with van der Waals surface area (Å²) >= 11 is 0. The van der Waals surface area contributed by atoms with E-state index in [9.17, 15) is 13.2 Å². The standard InChI is InChI=1S/C5H12N2O4S.Zn/c6-2-1-5(8)7-3-4-12(9,10)11;/h1-4,6H2,(H,7,8)(H,9,10,11);/q;+2. The molecular weight excluding hydrogens is 250 g/mol. The summed E-state index contributed by atoms with van der Waals surface area (Å²) in [6, 6.07) is 0. The molecule has 0 aromatic carbocycles. The minimum atomic E-state index is -3.98. The molecule has 0 fully saturated rings. The Kier molecular flexibility index (Phi) is 8.76. The molecule has 0 saturated carbocycles. The Hall–Kier alpha value is -0.0366. The van der Waals surface area contributed by atoms with E-state index in [0.717, 1.165) is 0 Å². The minimum absolute atomic E-state index is 0. The molecule has 0 bridgehead atoms. The van der Waals surface area contributed by atoms with Crippen molar-refractivity contribution in [3.8, 4) is 0 Å². The van der Waals surface area contributed by atoms with E-state index in [2.05, 4.69) is 5.32 Å². The summed E-state index contributed by atoms with van der Waals surface area (Å²) in [6.45, 7) is 0.134. The predicted octanol–water partition coefficient (Wildman–Crippen LogP) is -1.66. The Balaban J connectivity index is 0. The first kappa shape index (κ1) is 15.4. The summed E-state index contributed by atoms with van der Waals surface area (Å²) in [5.74, 6) is -0.787. The van der Waals surface area contributed by atoms with Crippen molar-refractivity contribution in [1.29, 1.82) is 0 Å². The summed E-state index contributed by atoms with van der Waals surface area (Å²) in [7, 11) is -3.98. The fraction of sp³-hybridized carbons (Fsp3) is 0.800.